The number of nitrogens with one attached hydrogen (secondary N) is 1. The molecule has 0 spiro atoms. The quantitative estimate of drug-likeness (QED) is 0.781. The summed E-state index contributed by atoms with van der Waals surface area (Å²) < 4.78 is 7.01. The van der Waals surface area contributed by atoms with Crippen LogP contribution in [0.1, 0.15) is 21.7 Å². The predicted molar refractivity (Wildman–Crippen MR) is 77.6 cm³/mol. The van der Waals surface area contributed by atoms with Crippen LogP contribution in [0.25, 0.3) is 0 Å². The van der Waals surface area contributed by atoms with Crippen LogP contribution in [0.15, 0.2) is 65.5 Å². The molecule has 0 aliphatic heterocycles. The van der Waals surface area contributed by atoms with Crippen LogP contribution in [-0.2, 0) is 13.1 Å². The normalized spacial score (nSPS) is 10.5. The van der Waals surface area contributed by atoms with E-state index in [-0.39, 0.29) is 5.91 Å². The molecule has 1 N–H and O–H groups in total. The van der Waals surface area contributed by atoms with E-state index in [0.29, 0.717) is 18.7 Å². The number of furan rings is 1. The lowest BCUT2D eigenvalue weighted by molar-refractivity contribution is 0.0948. The molecule has 0 bridgehead atoms. The highest BCUT2D eigenvalue weighted by molar-refractivity contribution is 5.94. The molecule has 0 fully saturated rings. The number of amides is 1. The van der Waals surface area contributed by atoms with Gasteiger partial charge < -0.3 is 9.73 Å². The van der Waals surface area contributed by atoms with E-state index in [4.69, 9.17) is 4.42 Å². The van der Waals surface area contributed by atoms with Gasteiger partial charge in [-0.1, -0.05) is 12.1 Å². The van der Waals surface area contributed by atoms with Gasteiger partial charge in [0.25, 0.3) is 5.91 Å². The second-order valence-electron chi connectivity index (χ2n) is 4.66. The molecule has 1 aromatic carbocycles. The number of benzene rings is 1. The standard InChI is InChI=1S/C16H15N3O2/c20-16(17-11-15-3-1-10-21-15)14-6-4-13(5-7-14)12-19-9-2-8-18-19/h1-10H,11-12H2,(H,17,20). The van der Waals surface area contributed by atoms with Gasteiger partial charge in [0.15, 0.2) is 0 Å². The zero-order valence-corrected chi connectivity index (χ0v) is 11.4. The summed E-state index contributed by atoms with van der Waals surface area (Å²) in [7, 11) is 0. The van der Waals surface area contributed by atoms with Crippen LogP contribution in [0.5, 0.6) is 0 Å². The molecule has 0 radical (unpaired) electrons. The molecule has 0 aliphatic carbocycles. The highest BCUT2D eigenvalue weighted by Gasteiger charge is 2.06. The average molecular weight is 281 g/mol. The molecule has 1 amide bonds. The largest absolute Gasteiger partial charge is 0.467 e. The third-order valence-corrected chi connectivity index (χ3v) is 3.12. The maximum Gasteiger partial charge on any atom is 0.251 e. The highest BCUT2D eigenvalue weighted by Crippen LogP contribution is 2.07. The predicted octanol–water partition coefficient (Wildman–Crippen LogP) is 2.45. The molecular weight excluding hydrogens is 266 g/mol. The van der Waals surface area contributed by atoms with Gasteiger partial charge in [-0.05, 0) is 35.9 Å². The Morgan fingerprint density at radius 2 is 2.05 bits per heavy atom. The van der Waals surface area contributed by atoms with Crippen LogP contribution in [0, 0.1) is 0 Å². The Morgan fingerprint density at radius 1 is 1.19 bits per heavy atom. The van der Waals surface area contributed by atoms with E-state index >= 15 is 0 Å². The summed E-state index contributed by atoms with van der Waals surface area (Å²) in [5.41, 5.74) is 1.73. The number of aromatic nitrogens is 2. The lowest BCUT2D eigenvalue weighted by Crippen LogP contribution is -2.22. The third kappa shape index (κ3) is 3.39. The monoisotopic (exact) mass is 281 g/mol. The molecule has 2 aromatic heterocycles. The van der Waals surface area contributed by atoms with Crippen LogP contribution < -0.4 is 5.32 Å². The summed E-state index contributed by atoms with van der Waals surface area (Å²) in [6.07, 6.45) is 5.24. The maximum absolute atomic E-state index is 12.0. The fourth-order valence-corrected chi connectivity index (χ4v) is 2.03. The summed E-state index contributed by atoms with van der Waals surface area (Å²) >= 11 is 0. The Labute approximate surface area is 122 Å². The summed E-state index contributed by atoms with van der Waals surface area (Å²) in [6.45, 7) is 1.09. The van der Waals surface area contributed by atoms with Crippen molar-refractivity contribution in [1.82, 2.24) is 15.1 Å². The molecule has 0 aliphatic rings. The number of nitrogens with zero attached hydrogens (tertiary/aromatic N) is 2. The molecule has 0 atom stereocenters. The van der Waals surface area contributed by atoms with Crippen molar-refractivity contribution in [3.63, 3.8) is 0 Å². The van der Waals surface area contributed by atoms with Crippen molar-refractivity contribution >= 4 is 5.91 Å². The smallest absolute Gasteiger partial charge is 0.251 e. The van der Waals surface area contributed by atoms with Crippen molar-refractivity contribution in [1.29, 1.82) is 0 Å². The SMILES string of the molecule is O=C(NCc1ccco1)c1ccc(Cn2cccn2)cc1. The van der Waals surface area contributed by atoms with Crippen molar-refractivity contribution in [3.05, 3.63) is 78.0 Å². The van der Waals surface area contributed by atoms with Gasteiger partial charge in [-0.15, -0.1) is 0 Å². The molecular formula is C16H15N3O2. The number of hydrogen-bond acceptors (Lipinski definition) is 3. The number of hydrogen-bond donors (Lipinski definition) is 1. The minimum absolute atomic E-state index is 0.114. The van der Waals surface area contributed by atoms with Crippen molar-refractivity contribution in [3.8, 4) is 0 Å². The van der Waals surface area contributed by atoms with Crippen LogP contribution in [0.3, 0.4) is 0 Å². The Hall–Kier alpha value is -2.82. The molecule has 0 unspecified atom stereocenters. The summed E-state index contributed by atoms with van der Waals surface area (Å²) in [5.74, 6) is 0.621. The van der Waals surface area contributed by atoms with E-state index in [1.54, 1.807) is 18.5 Å². The average Bonchev–Trinajstić information content (AvgIpc) is 3.19. The van der Waals surface area contributed by atoms with Crippen molar-refractivity contribution in [2.75, 3.05) is 0 Å². The molecule has 0 saturated carbocycles. The Balaban J connectivity index is 1.59. The van der Waals surface area contributed by atoms with Gasteiger partial charge in [0.2, 0.25) is 0 Å². The zero-order valence-electron chi connectivity index (χ0n) is 11.4. The lowest BCUT2D eigenvalue weighted by Gasteiger charge is -2.05. The van der Waals surface area contributed by atoms with Crippen LogP contribution in [0.2, 0.25) is 0 Å². The first-order valence-corrected chi connectivity index (χ1v) is 6.68. The van der Waals surface area contributed by atoms with Crippen LogP contribution >= 0.6 is 0 Å². The van der Waals surface area contributed by atoms with Gasteiger partial charge in [-0.2, -0.15) is 5.10 Å². The summed E-state index contributed by atoms with van der Waals surface area (Å²) in [5, 5.41) is 6.97. The third-order valence-electron chi connectivity index (χ3n) is 3.12. The van der Waals surface area contributed by atoms with Crippen molar-refractivity contribution < 1.29 is 9.21 Å². The van der Waals surface area contributed by atoms with Gasteiger partial charge in [0.05, 0.1) is 19.4 Å². The first kappa shape index (κ1) is 13.2. The van der Waals surface area contributed by atoms with E-state index in [1.165, 1.54) is 0 Å². The second kappa shape index (κ2) is 6.09. The minimum Gasteiger partial charge on any atom is -0.467 e. The molecule has 3 aromatic rings. The lowest BCUT2D eigenvalue weighted by atomic mass is 10.1. The molecule has 0 saturated heterocycles. The first-order valence-electron chi connectivity index (χ1n) is 6.68. The number of carbonyl (C=O) groups excluding carboxylic acids is 1. The van der Waals surface area contributed by atoms with Crippen molar-refractivity contribution in [2.45, 2.75) is 13.1 Å². The molecule has 106 valence electrons. The number of rotatable bonds is 5. The highest BCUT2D eigenvalue weighted by atomic mass is 16.3. The Bertz CT molecular complexity index is 686. The second-order valence-corrected chi connectivity index (χ2v) is 4.66. The van der Waals surface area contributed by atoms with E-state index in [9.17, 15) is 4.79 Å². The molecule has 5 heteroatoms. The van der Waals surface area contributed by atoms with E-state index < -0.39 is 0 Å². The van der Waals surface area contributed by atoms with E-state index in [1.807, 2.05) is 47.3 Å². The summed E-state index contributed by atoms with van der Waals surface area (Å²) in [6, 6.07) is 13.0. The van der Waals surface area contributed by atoms with Gasteiger partial charge in [-0.3, -0.25) is 9.48 Å². The van der Waals surface area contributed by atoms with Gasteiger partial charge in [0, 0.05) is 18.0 Å². The van der Waals surface area contributed by atoms with Crippen LogP contribution in [-0.4, -0.2) is 15.7 Å². The molecule has 3 rings (SSSR count). The maximum atomic E-state index is 12.0. The van der Waals surface area contributed by atoms with E-state index in [0.717, 1.165) is 11.3 Å². The first-order chi connectivity index (χ1) is 10.3. The Kier molecular flexibility index (Phi) is 3.82. The van der Waals surface area contributed by atoms with Crippen molar-refractivity contribution in [2.24, 2.45) is 0 Å². The van der Waals surface area contributed by atoms with Gasteiger partial charge in [-0.25, -0.2) is 0 Å². The summed E-state index contributed by atoms with van der Waals surface area (Å²) in [4.78, 5) is 12.0. The van der Waals surface area contributed by atoms with Gasteiger partial charge >= 0.3 is 0 Å². The zero-order chi connectivity index (χ0) is 14.5. The molecule has 5 nitrogen and oxygen atoms in total. The topological polar surface area (TPSA) is 60.1 Å². The fraction of sp³-hybridized carbons (Fsp3) is 0.125. The molecule has 2 heterocycles. The fourth-order valence-electron chi connectivity index (χ4n) is 2.03. The minimum atomic E-state index is -0.114. The van der Waals surface area contributed by atoms with E-state index in [2.05, 4.69) is 10.4 Å². The Morgan fingerprint density at radius 3 is 2.71 bits per heavy atom. The van der Waals surface area contributed by atoms with Crippen LogP contribution in [0.4, 0.5) is 0 Å². The number of carbonyl (C=O) groups is 1. The molecule has 21 heavy (non-hydrogen) atoms. The van der Waals surface area contributed by atoms with Gasteiger partial charge in [0.1, 0.15) is 5.76 Å².